The molecule has 0 spiro atoms. The van der Waals surface area contributed by atoms with Crippen LogP contribution >= 0.6 is 0 Å². The Bertz CT molecular complexity index is 669. The molecular weight excluding hydrogens is 295 g/mol. The smallest absolute Gasteiger partial charge is 0.419 e. The molecule has 0 aliphatic carbocycles. The minimum atomic E-state index is -4.41. The summed E-state index contributed by atoms with van der Waals surface area (Å²) < 4.78 is 44.6. The summed E-state index contributed by atoms with van der Waals surface area (Å²) in [5.74, 6) is 0.634. The van der Waals surface area contributed by atoms with Crippen LogP contribution in [-0.4, -0.2) is 29.2 Å². The van der Waals surface area contributed by atoms with Gasteiger partial charge in [-0.25, -0.2) is 4.98 Å². The van der Waals surface area contributed by atoms with Gasteiger partial charge in [0.1, 0.15) is 17.7 Å². The molecule has 116 valence electrons. The van der Waals surface area contributed by atoms with Crippen LogP contribution in [0.3, 0.4) is 0 Å². The number of aromatic nitrogens is 2. The van der Waals surface area contributed by atoms with Gasteiger partial charge >= 0.3 is 6.18 Å². The van der Waals surface area contributed by atoms with Crippen LogP contribution in [0.25, 0.3) is 0 Å². The predicted molar refractivity (Wildman–Crippen MR) is 74.8 cm³/mol. The molecule has 2 aromatic heterocycles. The Labute approximate surface area is 125 Å². The van der Waals surface area contributed by atoms with Crippen LogP contribution in [0.15, 0.2) is 36.7 Å². The van der Waals surface area contributed by atoms with Gasteiger partial charge in [0.25, 0.3) is 0 Å². The molecule has 3 rings (SSSR count). The fourth-order valence-electron chi connectivity index (χ4n) is 2.34. The first-order valence-electron chi connectivity index (χ1n) is 6.80. The van der Waals surface area contributed by atoms with Crippen molar-refractivity contribution in [2.24, 2.45) is 0 Å². The molecule has 2 aromatic rings. The maximum atomic E-state index is 13.0. The van der Waals surface area contributed by atoms with Gasteiger partial charge in [-0.3, -0.25) is 4.98 Å². The highest BCUT2D eigenvalue weighted by atomic mass is 19.4. The fraction of sp³-hybridized carbons (Fsp3) is 0.333. The first kappa shape index (κ1) is 14.6. The second-order valence-electron chi connectivity index (χ2n) is 5.15. The van der Waals surface area contributed by atoms with Gasteiger partial charge in [0.05, 0.1) is 18.7 Å². The Kier molecular flexibility index (Phi) is 3.64. The van der Waals surface area contributed by atoms with Crippen LogP contribution in [0, 0.1) is 6.92 Å². The molecule has 1 aliphatic rings. The highest BCUT2D eigenvalue weighted by molar-refractivity contribution is 5.51. The van der Waals surface area contributed by atoms with Gasteiger partial charge in [-0.05, 0) is 25.1 Å². The number of nitrogens with zero attached hydrogens (tertiary/aromatic N) is 3. The zero-order chi connectivity index (χ0) is 15.7. The highest BCUT2D eigenvalue weighted by Crippen LogP contribution is 2.36. The summed E-state index contributed by atoms with van der Waals surface area (Å²) in [6, 6.07) is 5.87. The second kappa shape index (κ2) is 5.47. The number of hydrogen-bond donors (Lipinski definition) is 0. The van der Waals surface area contributed by atoms with E-state index in [0.29, 0.717) is 18.8 Å². The molecule has 0 aromatic carbocycles. The fourth-order valence-corrected chi connectivity index (χ4v) is 2.34. The van der Waals surface area contributed by atoms with E-state index in [4.69, 9.17) is 4.74 Å². The Morgan fingerprint density at radius 2 is 1.95 bits per heavy atom. The lowest BCUT2D eigenvalue weighted by Gasteiger charge is -2.40. The van der Waals surface area contributed by atoms with E-state index in [0.717, 1.165) is 11.8 Å². The molecule has 0 atom stereocenters. The van der Waals surface area contributed by atoms with Crippen molar-refractivity contribution in [3.63, 3.8) is 0 Å². The molecule has 1 aliphatic heterocycles. The van der Waals surface area contributed by atoms with Gasteiger partial charge in [0, 0.05) is 24.2 Å². The molecule has 4 nitrogen and oxygen atoms in total. The van der Waals surface area contributed by atoms with Gasteiger partial charge in [-0.2, -0.15) is 13.2 Å². The molecule has 1 saturated heterocycles. The molecule has 0 unspecified atom stereocenters. The van der Waals surface area contributed by atoms with Gasteiger partial charge in [-0.15, -0.1) is 0 Å². The van der Waals surface area contributed by atoms with Gasteiger partial charge in [0.2, 0.25) is 0 Å². The molecule has 0 saturated carbocycles. The van der Waals surface area contributed by atoms with E-state index in [9.17, 15) is 13.2 Å². The maximum absolute atomic E-state index is 13.0. The summed E-state index contributed by atoms with van der Waals surface area (Å²) in [5.41, 5.74) is 0.117. The number of alkyl halides is 3. The summed E-state index contributed by atoms with van der Waals surface area (Å²) in [6.45, 7) is 2.60. The lowest BCUT2D eigenvalue weighted by Crippen LogP contribution is -2.54. The summed E-state index contributed by atoms with van der Waals surface area (Å²) in [4.78, 5) is 9.50. The molecule has 3 heterocycles. The minimum Gasteiger partial charge on any atom is -0.487 e. The minimum absolute atomic E-state index is 0.0410. The van der Waals surface area contributed by atoms with E-state index in [-0.39, 0.29) is 11.9 Å². The van der Waals surface area contributed by atoms with E-state index in [1.807, 2.05) is 6.92 Å². The highest BCUT2D eigenvalue weighted by Gasteiger charge is 2.39. The van der Waals surface area contributed by atoms with Crippen LogP contribution in [-0.2, 0) is 6.18 Å². The SMILES string of the molecule is Cc1cc(OC2CN(c3ncccc3C(F)(F)F)C2)ccn1. The standard InChI is InChI=1S/C15H14F3N3O/c1-10-7-11(4-6-19-10)22-12-8-21(9-12)14-13(15(16,17)18)3-2-5-20-14/h2-7,12H,8-9H2,1H3. The van der Waals surface area contributed by atoms with E-state index in [1.165, 1.54) is 12.3 Å². The number of aryl methyl sites for hydroxylation is 1. The molecule has 0 radical (unpaired) electrons. The zero-order valence-electron chi connectivity index (χ0n) is 11.8. The van der Waals surface area contributed by atoms with Crippen molar-refractivity contribution in [2.45, 2.75) is 19.2 Å². The summed E-state index contributed by atoms with van der Waals surface area (Å²) in [6.07, 6.45) is -1.55. The average Bonchev–Trinajstić information content (AvgIpc) is 2.41. The van der Waals surface area contributed by atoms with Crippen molar-refractivity contribution < 1.29 is 17.9 Å². The summed E-state index contributed by atoms with van der Waals surface area (Å²) >= 11 is 0. The lowest BCUT2D eigenvalue weighted by atomic mass is 10.1. The van der Waals surface area contributed by atoms with Gasteiger partial charge in [0.15, 0.2) is 0 Å². The number of rotatable bonds is 3. The summed E-state index contributed by atoms with van der Waals surface area (Å²) in [5, 5.41) is 0. The molecule has 0 N–H and O–H groups in total. The van der Waals surface area contributed by atoms with Crippen LogP contribution in [0.4, 0.5) is 19.0 Å². The van der Waals surface area contributed by atoms with Crippen molar-refractivity contribution in [3.05, 3.63) is 47.9 Å². The topological polar surface area (TPSA) is 38.2 Å². The van der Waals surface area contributed by atoms with E-state index in [1.54, 1.807) is 23.2 Å². The quantitative estimate of drug-likeness (QED) is 0.873. The number of pyridine rings is 2. The number of anilines is 1. The average molecular weight is 309 g/mol. The Morgan fingerprint density at radius 1 is 1.18 bits per heavy atom. The largest absolute Gasteiger partial charge is 0.487 e. The lowest BCUT2D eigenvalue weighted by molar-refractivity contribution is -0.137. The van der Waals surface area contributed by atoms with Crippen molar-refractivity contribution in [1.29, 1.82) is 0 Å². The normalized spacial score (nSPS) is 15.5. The summed E-state index contributed by atoms with van der Waals surface area (Å²) in [7, 11) is 0. The second-order valence-corrected chi connectivity index (χ2v) is 5.15. The number of ether oxygens (including phenoxy) is 1. The van der Waals surface area contributed by atoms with E-state index in [2.05, 4.69) is 9.97 Å². The van der Waals surface area contributed by atoms with Crippen LogP contribution < -0.4 is 9.64 Å². The maximum Gasteiger partial charge on any atom is 0.419 e. The first-order chi connectivity index (χ1) is 10.4. The van der Waals surface area contributed by atoms with Crippen LogP contribution in [0.2, 0.25) is 0 Å². The molecular formula is C15H14F3N3O. The van der Waals surface area contributed by atoms with Crippen molar-refractivity contribution >= 4 is 5.82 Å². The van der Waals surface area contributed by atoms with Crippen molar-refractivity contribution in [2.75, 3.05) is 18.0 Å². The van der Waals surface area contributed by atoms with Crippen LogP contribution in [0.1, 0.15) is 11.3 Å². The first-order valence-corrected chi connectivity index (χ1v) is 6.80. The third-order valence-electron chi connectivity index (χ3n) is 3.41. The van der Waals surface area contributed by atoms with Gasteiger partial charge in [-0.1, -0.05) is 0 Å². The monoisotopic (exact) mass is 309 g/mol. The Hall–Kier alpha value is -2.31. The zero-order valence-corrected chi connectivity index (χ0v) is 11.8. The third kappa shape index (κ3) is 2.98. The van der Waals surface area contributed by atoms with Crippen molar-refractivity contribution in [1.82, 2.24) is 9.97 Å². The Morgan fingerprint density at radius 3 is 2.64 bits per heavy atom. The third-order valence-corrected chi connectivity index (χ3v) is 3.41. The van der Waals surface area contributed by atoms with Gasteiger partial charge < -0.3 is 9.64 Å². The molecule has 7 heteroatoms. The molecule has 0 bridgehead atoms. The molecule has 0 amide bonds. The molecule has 22 heavy (non-hydrogen) atoms. The van der Waals surface area contributed by atoms with E-state index >= 15 is 0 Å². The van der Waals surface area contributed by atoms with Crippen LogP contribution in [0.5, 0.6) is 5.75 Å². The number of halogens is 3. The van der Waals surface area contributed by atoms with E-state index < -0.39 is 11.7 Å². The Balaban J connectivity index is 1.67. The predicted octanol–water partition coefficient (Wildman–Crippen LogP) is 3.07. The molecule has 1 fully saturated rings. The number of hydrogen-bond acceptors (Lipinski definition) is 4. The van der Waals surface area contributed by atoms with Crippen molar-refractivity contribution in [3.8, 4) is 5.75 Å².